The van der Waals surface area contributed by atoms with Crippen molar-refractivity contribution in [2.75, 3.05) is 5.32 Å². The van der Waals surface area contributed by atoms with Gasteiger partial charge in [0, 0.05) is 30.7 Å². The molecule has 0 radical (unpaired) electrons. The van der Waals surface area contributed by atoms with Crippen molar-refractivity contribution >= 4 is 11.6 Å². The first-order valence-corrected chi connectivity index (χ1v) is 8.69. The molecule has 0 saturated carbocycles. The van der Waals surface area contributed by atoms with Crippen molar-refractivity contribution in [3.8, 4) is 0 Å². The first kappa shape index (κ1) is 20.1. The number of alkyl halides is 3. The van der Waals surface area contributed by atoms with Gasteiger partial charge in [-0.25, -0.2) is 13.2 Å². The highest BCUT2D eigenvalue weighted by Crippen LogP contribution is 2.31. The number of hydrogen-bond acceptors (Lipinski definition) is 1. The summed E-state index contributed by atoms with van der Waals surface area (Å²) in [6.45, 7) is 6.33. The summed E-state index contributed by atoms with van der Waals surface area (Å²) in [4.78, 5) is 12.6. The predicted octanol–water partition coefficient (Wildman–Crippen LogP) is 5.70. The van der Waals surface area contributed by atoms with Gasteiger partial charge < -0.3 is 9.88 Å². The Morgan fingerprint density at radius 2 is 1.73 bits per heavy atom. The van der Waals surface area contributed by atoms with E-state index in [2.05, 4.69) is 26.1 Å². The van der Waals surface area contributed by atoms with Crippen molar-refractivity contribution in [1.82, 2.24) is 4.57 Å². The lowest BCUT2D eigenvalue weighted by Gasteiger charge is -2.19. The number of aryl methyl sites for hydroxylation is 1. The minimum absolute atomic E-state index is 0.0772. The molecular formula is C20H25F3N2O. The van der Waals surface area contributed by atoms with Crippen LogP contribution in [-0.2, 0) is 7.05 Å². The Balaban J connectivity index is 2.29. The molecule has 1 aromatic carbocycles. The number of nitrogens with one attached hydrogen (secondary N) is 1. The Hall–Kier alpha value is -2.24. The van der Waals surface area contributed by atoms with E-state index in [1.54, 1.807) is 19.2 Å². The Bertz CT molecular complexity index is 755. The molecule has 0 spiro atoms. The molecule has 1 aromatic heterocycles. The van der Waals surface area contributed by atoms with E-state index >= 15 is 0 Å². The molecule has 2 unspecified atom stereocenters. The predicted molar refractivity (Wildman–Crippen MR) is 97.5 cm³/mol. The number of anilines is 1. The highest BCUT2D eigenvalue weighted by atomic mass is 19.3. The van der Waals surface area contributed by atoms with Gasteiger partial charge in [0.05, 0.1) is 5.56 Å². The van der Waals surface area contributed by atoms with Crippen molar-refractivity contribution < 1.29 is 18.0 Å². The molecular weight excluding hydrogens is 341 g/mol. The number of amides is 1. The zero-order chi connectivity index (χ0) is 19.4. The third kappa shape index (κ3) is 4.68. The summed E-state index contributed by atoms with van der Waals surface area (Å²) >= 11 is 0. The molecule has 3 nitrogen and oxygen atoms in total. The Labute approximate surface area is 152 Å². The molecule has 0 aliphatic carbocycles. The van der Waals surface area contributed by atoms with Crippen LogP contribution >= 0.6 is 0 Å². The van der Waals surface area contributed by atoms with Gasteiger partial charge >= 0.3 is 0 Å². The lowest BCUT2D eigenvalue weighted by atomic mass is 9.91. The van der Waals surface area contributed by atoms with Crippen LogP contribution in [0.5, 0.6) is 0 Å². The summed E-state index contributed by atoms with van der Waals surface area (Å²) in [7, 11) is 1.57. The first-order chi connectivity index (χ1) is 12.2. The number of nitrogens with zero attached hydrogens (tertiary/aromatic N) is 1. The van der Waals surface area contributed by atoms with Crippen LogP contribution in [0.2, 0.25) is 0 Å². The quantitative estimate of drug-likeness (QED) is 0.670. The first-order valence-electron chi connectivity index (χ1n) is 8.69. The summed E-state index contributed by atoms with van der Waals surface area (Å²) < 4.78 is 40.8. The van der Waals surface area contributed by atoms with Gasteiger partial charge in [-0.15, -0.1) is 0 Å². The van der Waals surface area contributed by atoms with Crippen LogP contribution in [0.4, 0.5) is 18.9 Å². The fourth-order valence-corrected chi connectivity index (χ4v) is 3.21. The highest BCUT2D eigenvalue weighted by Gasteiger charge is 2.28. The maximum atomic E-state index is 13.8. The maximum Gasteiger partial charge on any atom is 0.273 e. The summed E-state index contributed by atoms with van der Waals surface area (Å²) in [5, 5.41) is 2.76. The second-order valence-corrected chi connectivity index (χ2v) is 7.10. The van der Waals surface area contributed by atoms with E-state index in [4.69, 9.17) is 0 Å². The summed E-state index contributed by atoms with van der Waals surface area (Å²) in [5.74, 6) is 0.123. The average molecular weight is 366 g/mol. The van der Waals surface area contributed by atoms with Gasteiger partial charge in [-0.05, 0) is 29.9 Å². The molecule has 6 heteroatoms. The molecule has 2 rings (SSSR count). The molecule has 142 valence electrons. The Morgan fingerprint density at radius 3 is 2.35 bits per heavy atom. The maximum absolute atomic E-state index is 13.8. The van der Waals surface area contributed by atoms with E-state index in [1.165, 1.54) is 17.0 Å². The molecule has 0 fully saturated rings. The van der Waals surface area contributed by atoms with Gasteiger partial charge in [-0.3, -0.25) is 4.79 Å². The number of aromatic nitrogens is 1. The number of hydrogen-bond donors (Lipinski definition) is 1. The van der Waals surface area contributed by atoms with Crippen LogP contribution in [0.1, 0.15) is 60.8 Å². The highest BCUT2D eigenvalue weighted by molar-refractivity contribution is 6.05. The monoisotopic (exact) mass is 366 g/mol. The van der Waals surface area contributed by atoms with Gasteiger partial charge in [0.15, 0.2) is 6.17 Å². The van der Waals surface area contributed by atoms with Gasteiger partial charge in [-0.1, -0.05) is 39.0 Å². The van der Waals surface area contributed by atoms with Gasteiger partial charge in [0.2, 0.25) is 0 Å². The van der Waals surface area contributed by atoms with Crippen LogP contribution in [0.15, 0.2) is 36.7 Å². The van der Waals surface area contributed by atoms with E-state index in [1.807, 2.05) is 12.1 Å². The van der Waals surface area contributed by atoms with Gasteiger partial charge in [-0.2, -0.15) is 0 Å². The fourth-order valence-electron chi connectivity index (χ4n) is 3.21. The molecule has 2 aromatic rings. The van der Waals surface area contributed by atoms with Crippen molar-refractivity contribution in [3.05, 3.63) is 53.3 Å². The van der Waals surface area contributed by atoms with Crippen molar-refractivity contribution in [2.24, 2.45) is 13.0 Å². The Kier molecular flexibility index (Phi) is 6.51. The lowest BCUT2D eigenvalue weighted by molar-refractivity contribution is 0.0491. The zero-order valence-corrected chi connectivity index (χ0v) is 15.5. The van der Waals surface area contributed by atoms with Crippen LogP contribution in [0.3, 0.4) is 0 Å². The second kappa shape index (κ2) is 8.43. The third-order valence-corrected chi connectivity index (χ3v) is 4.31. The standard InChI is InChI=1S/C20H25F3N2O/c1-12(2)9-13(3)14-7-5-6-8-17(14)24-20(26)16-11-25(4)10-15(16)18(21)19(22)23/h5-8,10-13,18-19H,9H2,1-4H3,(H,24,26). The molecule has 1 N–H and O–H groups in total. The molecule has 1 heterocycles. The summed E-state index contributed by atoms with van der Waals surface area (Å²) in [6, 6.07) is 7.40. The minimum atomic E-state index is -3.18. The SMILES string of the molecule is CC(C)CC(C)c1ccccc1NC(=O)c1cn(C)cc1C(F)C(F)F. The number of para-hydroxylation sites is 1. The van der Waals surface area contributed by atoms with Crippen LogP contribution in [0, 0.1) is 5.92 Å². The number of benzene rings is 1. The van der Waals surface area contributed by atoms with Crippen molar-refractivity contribution in [3.63, 3.8) is 0 Å². The van der Waals surface area contributed by atoms with E-state index in [0.717, 1.165) is 12.0 Å². The van der Waals surface area contributed by atoms with Crippen LogP contribution < -0.4 is 5.32 Å². The minimum Gasteiger partial charge on any atom is -0.356 e. The Morgan fingerprint density at radius 1 is 1.08 bits per heavy atom. The number of carbonyl (C=O) groups excluding carboxylic acids is 1. The second-order valence-electron chi connectivity index (χ2n) is 7.10. The fraction of sp³-hybridized carbons (Fsp3) is 0.450. The average Bonchev–Trinajstić information content (AvgIpc) is 2.95. The summed E-state index contributed by atoms with van der Waals surface area (Å²) in [6.07, 6.45) is -2.14. The van der Waals surface area contributed by atoms with E-state index in [9.17, 15) is 18.0 Å². The zero-order valence-electron chi connectivity index (χ0n) is 15.5. The molecule has 26 heavy (non-hydrogen) atoms. The van der Waals surface area contributed by atoms with Crippen molar-refractivity contribution in [2.45, 2.75) is 45.7 Å². The van der Waals surface area contributed by atoms with Gasteiger partial charge in [0.25, 0.3) is 12.3 Å². The number of carbonyl (C=O) groups is 1. The van der Waals surface area contributed by atoms with E-state index < -0.39 is 18.5 Å². The molecule has 0 aliphatic rings. The van der Waals surface area contributed by atoms with Crippen LogP contribution in [0.25, 0.3) is 0 Å². The molecule has 2 atom stereocenters. The van der Waals surface area contributed by atoms with E-state index in [0.29, 0.717) is 11.6 Å². The molecule has 0 bridgehead atoms. The summed E-state index contributed by atoms with van der Waals surface area (Å²) in [5.41, 5.74) is 1.21. The smallest absolute Gasteiger partial charge is 0.273 e. The van der Waals surface area contributed by atoms with Crippen LogP contribution in [-0.4, -0.2) is 16.9 Å². The largest absolute Gasteiger partial charge is 0.356 e. The van der Waals surface area contributed by atoms with E-state index in [-0.39, 0.29) is 17.0 Å². The number of rotatable bonds is 7. The van der Waals surface area contributed by atoms with Crippen molar-refractivity contribution in [1.29, 1.82) is 0 Å². The number of halogens is 3. The molecule has 1 amide bonds. The topological polar surface area (TPSA) is 34.0 Å². The normalized spacial score (nSPS) is 13.9. The molecule has 0 aliphatic heterocycles. The molecule has 0 saturated heterocycles. The van der Waals surface area contributed by atoms with Gasteiger partial charge in [0.1, 0.15) is 0 Å². The third-order valence-electron chi connectivity index (χ3n) is 4.31. The lowest BCUT2D eigenvalue weighted by Crippen LogP contribution is -2.17.